The zero-order chi connectivity index (χ0) is 24.1. The molecule has 2 unspecified atom stereocenters. The number of alkyl halides is 2. The largest absolute Gasteiger partial charge is 0.457 e. The molecule has 0 aliphatic rings. The monoisotopic (exact) mass is 460 g/mol. The summed E-state index contributed by atoms with van der Waals surface area (Å²) in [6, 6.07) is 15.5. The van der Waals surface area contributed by atoms with Crippen LogP contribution in [0.25, 0.3) is 22.2 Å². The first-order valence-electron chi connectivity index (χ1n) is 10.1. The van der Waals surface area contributed by atoms with E-state index in [1.54, 1.807) is 18.3 Å². The van der Waals surface area contributed by atoms with Gasteiger partial charge in [0.2, 0.25) is 6.10 Å². The van der Waals surface area contributed by atoms with Gasteiger partial charge in [0.25, 0.3) is 0 Å². The van der Waals surface area contributed by atoms with Gasteiger partial charge in [-0.05, 0) is 49.9 Å². The summed E-state index contributed by atoms with van der Waals surface area (Å²) < 4.78 is 29.8. The fourth-order valence-corrected chi connectivity index (χ4v) is 3.37. The van der Waals surface area contributed by atoms with Gasteiger partial charge in [-0.1, -0.05) is 28.0 Å². The lowest BCUT2D eigenvalue weighted by Crippen LogP contribution is -2.01. The van der Waals surface area contributed by atoms with Gasteiger partial charge in [0.15, 0.2) is 0 Å². The number of hydrogen-bond acceptors (Lipinski definition) is 4. The predicted molar refractivity (Wildman–Crippen MR) is 133 cm³/mol. The first-order chi connectivity index (χ1) is 15.5. The van der Waals surface area contributed by atoms with E-state index in [0.717, 1.165) is 34.4 Å². The molecule has 2 aromatic carbocycles. The van der Waals surface area contributed by atoms with Crippen LogP contribution in [-0.2, 0) is 6.54 Å². The van der Waals surface area contributed by atoms with Gasteiger partial charge < -0.3 is 19.9 Å². The van der Waals surface area contributed by atoms with Crippen LogP contribution in [0.3, 0.4) is 0 Å². The molecule has 0 bridgehead atoms. The molecule has 0 aliphatic carbocycles. The summed E-state index contributed by atoms with van der Waals surface area (Å²) >= 11 is 0. The maximum absolute atomic E-state index is 13.1. The molecular weight excluding hydrogens is 429 g/mol. The van der Waals surface area contributed by atoms with Crippen molar-refractivity contribution in [2.24, 2.45) is 0 Å². The Morgan fingerprint density at radius 1 is 1.22 bits per heavy atom. The molecule has 5 nitrogen and oxygen atoms in total. The molecule has 0 fully saturated rings. The van der Waals surface area contributed by atoms with E-state index in [2.05, 4.69) is 27.8 Å². The summed E-state index contributed by atoms with van der Waals surface area (Å²) in [5.74, 6) is 0.434. The van der Waals surface area contributed by atoms with Crippen molar-refractivity contribution in [2.45, 2.75) is 26.5 Å². The van der Waals surface area contributed by atoms with Crippen LogP contribution in [0.15, 0.2) is 55.2 Å². The lowest BCUT2D eigenvalue weighted by Gasteiger charge is -2.10. The molecule has 1 heterocycles. The molecular formula is C24H31F2N4OP. The average molecular weight is 461 g/mol. The van der Waals surface area contributed by atoms with Crippen LogP contribution in [0.1, 0.15) is 19.4 Å². The van der Waals surface area contributed by atoms with Crippen LogP contribution in [0, 0.1) is 11.3 Å². The smallest absolute Gasteiger partial charge is 0.249 e. The molecule has 8 heteroatoms. The molecule has 3 aromatic rings. The standard InChI is InChI=1S/C19H19FN3OP.C4H9N.CH3F/c1-3-23-17-10-14(24-19(20)25)8-9-15(17)16(11-21)18(23)12-4-6-13(22-2)7-5-12;1-3-5-4-2;1-2/h4-10,19,22H,3,25H2,1-2H3;3,5H,1,4H2,2H3;1H3. The van der Waals surface area contributed by atoms with Crippen molar-refractivity contribution in [3.05, 3.63) is 60.8 Å². The van der Waals surface area contributed by atoms with Gasteiger partial charge in [0, 0.05) is 37.3 Å². The van der Waals surface area contributed by atoms with E-state index in [1.807, 2.05) is 60.5 Å². The second kappa shape index (κ2) is 14.1. The number of rotatable bonds is 7. The number of halogens is 2. The van der Waals surface area contributed by atoms with Crippen molar-refractivity contribution < 1.29 is 13.5 Å². The van der Waals surface area contributed by atoms with Crippen LogP contribution < -0.4 is 15.4 Å². The van der Waals surface area contributed by atoms with Gasteiger partial charge in [-0.25, -0.2) is 0 Å². The minimum Gasteiger partial charge on any atom is -0.457 e. The van der Waals surface area contributed by atoms with Gasteiger partial charge in [-0.2, -0.15) is 9.65 Å². The molecule has 0 amide bonds. The van der Waals surface area contributed by atoms with Crippen molar-refractivity contribution >= 4 is 25.8 Å². The summed E-state index contributed by atoms with van der Waals surface area (Å²) in [5, 5.41) is 16.5. The normalized spacial score (nSPS) is 10.6. The average Bonchev–Trinajstić information content (AvgIpc) is 3.13. The highest BCUT2D eigenvalue weighted by Crippen LogP contribution is 2.36. The minimum absolute atomic E-state index is 0.434. The molecule has 2 N–H and O–H groups in total. The predicted octanol–water partition coefficient (Wildman–Crippen LogP) is 6.07. The van der Waals surface area contributed by atoms with Gasteiger partial charge in [-0.3, -0.25) is 4.39 Å². The zero-order valence-corrected chi connectivity index (χ0v) is 20.1. The highest BCUT2D eigenvalue weighted by atomic mass is 31.0. The fourth-order valence-electron chi connectivity index (χ4n) is 3.21. The maximum Gasteiger partial charge on any atom is 0.249 e. The van der Waals surface area contributed by atoms with Crippen molar-refractivity contribution in [3.63, 3.8) is 0 Å². The van der Waals surface area contributed by atoms with E-state index >= 15 is 0 Å². The van der Waals surface area contributed by atoms with Crippen molar-refractivity contribution in [3.8, 4) is 23.1 Å². The molecule has 172 valence electrons. The molecule has 1 aromatic heterocycles. The Bertz CT molecular complexity index is 1030. The van der Waals surface area contributed by atoms with Crippen molar-refractivity contribution in [1.82, 2.24) is 9.88 Å². The fraction of sp³-hybridized carbons (Fsp3) is 0.292. The molecule has 0 saturated heterocycles. The number of aromatic nitrogens is 1. The maximum atomic E-state index is 13.1. The Morgan fingerprint density at radius 3 is 2.31 bits per heavy atom. The summed E-state index contributed by atoms with van der Waals surface area (Å²) in [7, 11) is 4.33. The number of nitrogens with one attached hydrogen (secondary N) is 2. The third-order valence-electron chi connectivity index (χ3n) is 4.51. The second-order valence-electron chi connectivity index (χ2n) is 6.32. The highest BCUT2D eigenvalue weighted by molar-refractivity contribution is 7.16. The molecule has 32 heavy (non-hydrogen) atoms. The molecule has 0 saturated carbocycles. The Morgan fingerprint density at radius 2 is 1.88 bits per heavy atom. The van der Waals surface area contributed by atoms with E-state index in [0.29, 0.717) is 25.0 Å². The SMILES string of the molecule is C=CNCC.CCn1c(-c2ccc(NC)cc2)c(C#N)c2ccc(OC(F)P)cc21.CF. The lowest BCUT2D eigenvalue weighted by atomic mass is 10.1. The zero-order valence-electron chi connectivity index (χ0n) is 19.0. The summed E-state index contributed by atoms with van der Waals surface area (Å²) in [4.78, 5) is 0. The molecule has 3 rings (SSSR count). The van der Waals surface area contributed by atoms with E-state index in [-0.39, 0.29) is 0 Å². The highest BCUT2D eigenvalue weighted by Gasteiger charge is 2.18. The number of benzene rings is 2. The second-order valence-corrected chi connectivity index (χ2v) is 6.84. The number of fused-ring (bicyclic) bond motifs is 1. The third-order valence-corrected chi connectivity index (χ3v) is 4.64. The lowest BCUT2D eigenvalue weighted by molar-refractivity contribution is 0.153. The quantitative estimate of drug-likeness (QED) is 0.420. The summed E-state index contributed by atoms with van der Waals surface area (Å²) in [6.45, 7) is 9.15. The first-order valence-corrected chi connectivity index (χ1v) is 10.8. The van der Waals surface area contributed by atoms with Gasteiger partial charge >= 0.3 is 0 Å². The Kier molecular flexibility index (Phi) is 11.8. The van der Waals surface area contributed by atoms with E-state index in [1.165, 1.54) is 0 Å². The van der Waals surface area contributed by atoms with Gasteiger partial charge in [0.05, 0.1) is 24.0 Å². The number of nitrogens with zero attached hydrogens (tertiary/aromatic N) is 2. The van der Waals surface area contributed by atoms with Crippen molar-refractivity contribution in [1.29, 1.82) is 5.26 Å². The van der Waals surface area contributed by atoms with Crippen molar-refractivity contribution in [2.75, 3.05) is 26.1 Å². The number of nitriles is 1. The van der Waals surface area contributed by atoms with Gasteiger partial charge in [-0.15, -0.1) is 0 Å². The molecule has 0 spiro atoms. The van der Waals surface area contributed by atoms with Crippen LogP contribution >= 0.6 is 9.24 Å². The number of ether oxygens (including phenoxy) is 1. The molecule has 0 radical (unpaired) electrons. The number of hydrogen-bond donors (Lipinski definition) is 2. The molecule has 0 aliphatic heterocycles. The minimum atomic E-state index is -1.47. The van der Waals surface area contributed by atoms with Crippen LogP contribution in [-0.4, -0.2) is 31.4 Å². The van der Waals surface area contributed by atoms with Crippen LogP contribution in [0.4, 0.5) is 14.5 Å². The van der Waals surface area contributed by atoms with E-state index in [9.17, 15) is 14.0 Å². The summed E-state index contributed by atoms with van der Waals surface area (Å²) in [6.07, 6.45) is 0.214. The Hall–Kier alpha value is -3.10. The van der Waals surface area contributed by atoms with E-state index in [4.69, 9.17) is 4.74 Å². The van der Waals surface area contributed by atoms with Gasteiger partial charge in [0.1, 0.15) is 11.8 Å². The van der Waals surface area contributed by atoms with Crippen LogP contribution in [0.5, 0.6) is 5.75 Å². The first kappa shape index (κ1) is 26.9. The third kappa shape index (κ3) is 6.70. The topological polar surface area (TPSA) is 62.0 Å². The Balaban J connectivity index is 0.000000646. The van der Waals surface area contributed by atoms with Crippen LogP contribution in [0.2, 0.25) is 0 Å². The number of anilines is 1. The Labute approximate surface area is 191 Å². The van der Waals surface area contributed by atoms with E-state index < -0.39 is 6.10 Å². The number of aryl methyl sites for hydroxylation is 1. The summed E-state index contributed by atoms with van der Waals surface area (Å²) in [5.41, 5.74) is 4.30. The molecule has 2 atom stereocenters.